The van der Waals surface area contributed by atoms with Crippen LogP contribution in [-0.4, -0.2) is 50.9 Å². The highest BCUT2D eigenvalue weighted by Crippen LogP contribution is 2.32. The number of carbonyl (C=O) groups is 2. The molecule has 0 fully saturated rings. The number of rotatable bonds is 13. The second-order valence-electron chi connectivity index (χ2n) is 10.1. The lowest BCUT2D eigenvalue weighted by Crippen LogP contribution is -2.51. The summed E-state index contributed by atoms with van der Waals surface area (Å²) in [5.74, 6) is -0.245. The van der Waals surface area contributed by atoms with Gasteiger partial charge in [-0.2, -0.15) is 0 Å². The number of sulfonamides is 1. The van der Waals surface area contributed by atoms with Crippen LogP contribution in [0.4, 0.5) is 5.69 Å². The second kappa shape index (κ2) is 14.0. The molecule has 3 aromatic rings. The Labute approximate surface area is 238 Å². The molecular weight excluding hydrogens is 526 g/mol. The molecule has 1 atom stereocenters. The third-order valence-electron chi connectivity index (χ3n) is 6.33. The molecule has 0 aliphatic heterocycles. The van der Waals surface area contributed by atoms with Gasteiger partial charge in [-0.3, -0.25) is 13.9 Å². The van der Waals surface area contributed by atoms with Crippen molar-refractivity contribution in [2.24, 2.45) is 5.92 Å². The van der Waals surface area contributed by atoms with Crippen LogP contribution in [0.2, 0.25) is 0 Å². The van der Waals surface area contributed by atoms with E-state index in [1.807, 2.05) is 45.0 Å². The Morgan fingerprint density at radius 2 is 1.60 bits per heavy atom. The zero-order chi connectivity index (χ0) is 29.3. The lowest BCUT2D eigenvalue weighted by atomic mass is 10.1. The van der Waals surface area contributed by atoms with Gasteiger partial charge in [0.05, 0.1) is 17.2 Å². The van der Waals surface area contributed by atoms with E-state index in [1.165, 1.54) is 17.0 Å². The smallest absolute Gasteiger partial charge is 0.264 e. The topological polar surface area (TPSA) is 96.0 Å². The molecule has 3 aromatic carbocycles. The predicted octanol–water partition coefficient (Wildman–Crippen LogP) is 4.78. The number of benzene rings is 3. The lowest BCUT2D eigenvalue weighted by Gasteiger charge is -2.32. The maximum absolute atomic E-state index is 14.0. The first-order valence-corrected chi connectivity index (χ1v) is 14.9. The molecule has 0 saturated carbocycles. The predicted molar refractivity (Wildman–Crippen MR) is 158 cm³/mol. The van der Waals surface area contributed by atoms with Gasteiger partial charge in [0.15, 0.2) is 0 Å². The first kappa shape index (κ1) is 30.7. The number of nitrogens with one attached hydrogen (secondary N) is 1. The average Bonchev–Trinajstić information content (AvgIpc) is 2.94. The van der Waals surface area contributed by atoms with Crippen molar-refractivity contribution in [2.45, 2.75) is 52.1 Å². The van der Waals surface area contributed by atoms with E-state index in [9.17, 15) is 18.0 Å². The summed E-state index contributed by atoms with van der Waals surface area (Å²) < 4.78 is 34.7. The number of hydrogen-bond acceptors (Lipinski definition) is 5. The van der Waals surface area contributed by atoms with E-state index < -0.39 is 28.5 Å². The summed E-state index contributed by atoms with van der Waals surface area (Å²) in [6.07, 6.45) is 0. The molecule has 0 radical (unpaired) electrons. The van der Waals surface area contributed by atoms with Gasteiger partial charge < -0.3 is 15.0 Å². The summed E-state index contributed by atoms with van der Waals surface area (Å²) in [6, 6.07) is 21.5. The third kappa shape index (κ3) is 7.85. The molecule has 0 saturated heterocycles. The van der Waals surface area contributed by atoms with Crippen LogP contribution < -0.4 is 14.4 Å². The van der Waals surface area contributed by atoms with E-state index in [-0.39, 0.29) is 29.0 Å². The van der Waals surface area contributed by atoms with Gasteiger partial charge in [-0.05, 0) is 56.5 Å². The summed E-state index contributed by atoms with van der Waals surface area (Å²) in [5, 5.41) is 2.90. The van der Waals surface area contributed by atoms with Crippen LogP contribution in [0.25, 0.3) is 0 Å². The van der Waals surface area contributed by atoms with Crippen LogP contribution in [-0.2, 0) is 26.2 Å². The molecule has 0 heterocycles. The maximum atomic E-state index is 14.0. The normalized spacial score (nSPS) is 12.1. The minimum absolute atomic E-state index is 0.0436. The highest BCUT2D eigenvalue weighted by Gasteiger charge is 2.33. The van der Waals surface area contributed by atoms with Crippen LogP contribution in [0.3, 0.4) is 0 Å². The molecule has 40 heavy (non-hydrogen) atoms. The Kier molecular flexibility index (Phi) is 10.7. The molecule has 1 N–H and O–H groups in total. The second-order valence-corrected chi connectivity index (χ2v) is 11.9. The number of ether oxygens (including phenoxy) is 1. The van der Waals surface area contributed by atoms with Crippen molar-refractivity contribution in [3.05, 3.63) is 90.0 Å². The standard InChI is InChI=1S/C31H39N3O5S/c1-6-39-29-18-11-10-17-28(29)34(40(37,38)27-15-8-7-9-16-27)22-30(35)33(21-26-14-12-13-24(4)19-26)25(5)31(36)32-20-23(2)3/h7-19,23,25H,6,20-22H2,1-5H3,(H,32,36)/t25-/m1/s1. The fourth-order valence-electron chi connectivity index (χ4n) is 4.22. The fourth-order valence-corrected chi connectivity index (χ4v) is 5.66. The lowest BCUT2D eigenvalue weighted by molar-refractivity contribution is -0.139. The van der Waals surface area contributed by atoms with Crippen molar-refractivity contribution in [1.29, 1.82) is 0 Å². The van der Waals surface area contributed by atoms with Gasteiger partial charge in [-0.1, -0.05) is 74.0 Å². The van der Waals surface area contributed by atoms with Gasteiger partial charge in [0, 0.05) is 13.1 Å². The largest absolute Gasteiger partial charge is 0.492 e. The Bertz CT molecular complexity index is 1390. The van der Waals surface area contributed by atoms with Crippen molar-refractivity contribution in [2.75, 3.05) is 24.0 Å². The van der Waals surface area contributed by atoms with Gasteiger partial charge in [0.2, 0.25) is 11.8 Å². The first-order chi connectivity index (χ1) is 19.0. The van der Waals surface area contributed by atoms with Crippen molar-refractivity contribution in [1.82, 2.24) is 10.2 Å². The molecule has 9 heteroatoms. The van der Waals surface area contributed by atoms with Crippen LogP contribution in [0.1, 0.15) is 38.8 Å². The summed E-state index contributed by atoms with van der Waals surface area (Å²) >= 11 is 0. The molecule has 3 rings (SSSR count). The maximum Gasteiger partial charge on any atom is 0.264 e. The number of anilines is 1. The molecule has 0 aliphatic rings. The van der Waals surface area contributed by atoms with Crippen LogP contribution >= 0.6 is 0 Å². The molecule has 214 valence electrons. The average molecular weight is 566 g/mol. The zero-order valence-electron chi connectivity index (χ0n) is 23.8. The summed E-state index contributed by atoms with van der Waals surface area (Å²) in [6.45, 7) is 9.80. The van der Waals surface area contributed by atoms with E-state index in [1.54, 1.807) is 56.3 Å². The Hall–Kier alpha value is -3.85. The van der Waals surface area contributed by atoms with E-state index in [0.717, 1.165) is 15.4 Å². The molecule has 0 aromatic heterocycles. The van der Waals surface area contributed by atoms with Crippen molar-refractivity contribution >= 4 is 27.5 Å². The molecule has 8 nitrogen and oxygen atoms in total. The Morgan fingerprint density at radius 3 is 2.25 bits per heavy atom. The third-order valence-corrected chi connectivity index (χ3v) is 8.11. The number of amides is 2. The number of hydrogen-bond donors (Lipinski definition) is 1. The van der Waals surface area contributed by atoms with Gasteiger partial charge >= 0.3 is 0 Å². The monoisotopic (exact) mass is 565 g/mol. The molecular formula is C31H39N3O5S. The summed E-state index contributed by atoms with van der Waals surface area (Å²) in [4.78, 5) is 28.6. The van der Waals surface area contributed by atoms with E-state index in [2.05, 4.69) is 5.32 Å². The summed E-state index contributed by atoms with van der Waals surface area (Å²) in [7, 11) is -4.17. The molecule has 0 aliphatic carbocycles. The van der Waals surface area contributed by atoms with Gasteiger partial charge in [0.1, 0.15) is 18.3 Å². The molecule has 0 unspecified atom stereocenters. The quantitative estimate of drug-likeness (QED) is 0.322. The Balaban J connectivity index is 2.05. The minimum Gasteiger partial charge on any atom is -0.492 e. The number of carbonyl (C=O) groups excluding carboxylic acids is 2. The van der Waals surface area contributed by atoms with Gasteiger partial charge in [-0.25, -0.2) is 8.42 Å². The fraction of sp³-hybridized carbons (Fsp3) is 0.355. The van der Waals surface area contributed by atoms with Gasteiger partial charge in [-0.15, -0.1) is 0 Å². The number of para-hydroxylation sites is 2. The van der Waals surface area contributed by atoms with Crippen LogP contribution in [0.15, 0.2) is 83.8 Å². The van der Waals surface area contributed by atoms with Gasteiger partial charge in [0.25, 0.3) is 10.0 Å². The van der Waals surface area contributed by atoms with E-state index in [0.29, 0.717) is 18.9 Å². The molecule has 2 amide bonds. The highest BCUT2D eigenvalue weighted by molar-refractivity contribution is 7.92. The zero-order valence-corrected chi connectivity index (χ0v) is 24.6. The Morgan fingerprint density at radius 1 is 0.925 bits per heavy atom. The van der Waals surface area contributed by atoms with Crippen molar-refractivity contribution in [3.63, 3.8) is 0 Å². The van der Waals surface area contributed by atoms with Crippen molar-refractivity contribution in [3.8, 4) is 5.75 Å². The minimum atomic E-state index is -4.17. The SMILES string of the molecule is CCOc1ccccc1N(CC(=O)N(Cc1cccc(C)c1)[C@H](C)C(=O)NCC(C)C)S(=O)(=O)c1ccccc1. The van der Waals surface area contributed by atoms with E-state index >= 15 is 0 Å². The number of aryl methyl sites for hydroxylation is 1. The van der Waals surface area contributed by atoms with E-state index in [4.69, 9.17) is 4.74 Å². The van der Waals surface area contributed by atoms with Crippen molar-refractivity contribution < 1.29 is 22.7 Å². The van der Waals surface area contributed by atoms with Crippen LogP contribution in [0, 0.1) is 12.8 Å². The summed E-state index contributed by atoms with van der Waals surface area (Å²) in [5.41, 5.74) is 2.10. The molecule has 0 spiro atoms. The first-order valence-electron chi connectivity index (χ1n) is 13.5. The molecule has 0 bridgehead atoms. The highest BCUT2D eigenvalue weighted by atomic mass is 32.2. The van der Waals surface area contributed by atoms with Crippen LogP contribution in [0.5, 0.6) is 5.75 Å². The number of nitrogens with zero attached hydrogens (tertiary/aromatic N) is 2.